The Balaban J connectivity index is 3.43. The molecule has 0 aliphatic carbocycles. The summed E-state index contributed by atoms with van der Waals surface area (Å²) < 4.78 is 5.50. The number of unbranched alkanes of at least 4 members (excludes halogenated alkanes) is 50. The minimum Gasteiger partial charge on any atom is -0.466 e. The third-order valence-corrected chi connectivity index (χ3v) is 16.7. The molecule has 0 aliphatic rings. The molecule has 2 unspecified atom stereocenters. The lowest BCUT2D eigenvalue weighted by Crippen LogP contribution is -2.45. The van der Waals surface area contributed by atoms with Gasteiger partial charge in [0.25, 0.3) is 0 Å². The summed E-state index contributed by atoms with van der Waals surface area (Å²) in [6.45, 7) is 4.97. The van der Waals surface area contributed by atoms with Gasteiger partial charge in [-0.2, -0.15) is 0 Å². The molecule has 466 valence electrons. The van der Waals surface area contributed by atoms with Gasteiger partial charge in [0.1, 0.15) is 0 Å². The Morgan fingerprint density at radius 2 is 0.633 bits per heavy atom. The number of carbonyl (C=O) groups is 2. The molecule has 0 saturated carbocycles. The summed E-state index contributed by atoms with van der Waals surface area (Å²) in [5.74, 6) is -0.0345. The lowest BCUT2D eigenvalue weighted by atomic mass is 10.0. The van der Waals surface area contributed by atoms with Crippen molar-refractivity contribution in [2.45, 2.75) is 405 Å². The van der Waals surface area contributed by atoms with E-state index in [1.807, 2.05) is 0 Å². The van der Waals surface area contributed by atoms with Gasteiger partial charge in [0.2, 0.25) is 5.91 Å². The summed E-state index contributed by atoms with van der Waals surface area (Å²) in [6, 6.07) is -0.551. The number of rotatable bonds is 67. The maximum absolute atomic E-state index is 12.5. The largest absolute Gasteiger partial charge is 0.466 e. The maximum atomic E-state index is 12.5. The van der Waals surface area contributed by atoms with Crippen LogP contribution in [0.15, 0.2) is 36.5 Å². The monoisotopic (exact) mass is 1110 g/mol. The molecule has 0 bridgehead atoms. The van der Waals surface area contributed by atoms with Crippen molar-refractivity contribution in [3.05, 3.63) is 36.5 Å². The highest BCUT2D eigenvalue weighted by atomic mass is 16.5. The van der Waals surface area contributed by atoms with Crippen LogP contribution in [-0.2, 0) is 14.3 Å². The van der Waals surface area contributed by atoms with Gasteiger partial charge in [0.15, 0.2) is 0 Å². The van der Waals surface area contributed by atoms with E-state index in [0.717, 1.165) is 57.8 Å². The number of esters is 1. The van der Waals surface area contributed by atoms with E-state index in [2.05, 4.69) is 55.6 Å². The van der Waals surface area contributed by atoms with Crippen molar-refractivity contribution < 1.29 is 24.5 Å². The molecule has 6 heteroatoms. The molecule has 1 amide bonds. The molecule has 0 saturated heterocycles. The average molecular weight is 1110 g/mol. The number of aliphatic hydroxyl groups is 2. The normalized spacial score (nSPS) is 12.7. The highest BCUT2D eigenvalue weighted by molar-refractivity contribution is 5.76. The first-order valence-corrected chi connectivity index (χ1v) is 35.7. The first kappa shape index (κ1) is 77.1. The zero-order valence-electron chi connectivity index (χ0n) is 53.4. The SMILES string of the molecule is CCCCCCCC/C=C\CCCCCCCCCCCC(=O)OCCCCCCCCCCC/C=C\C/C=C\CCCCCCCCCC(=O)NC(CO)C(O)CCCCCCCCCCCCCCCCCCCCCC. The van der Waals surface area contributed by atoms with Gasteiger partial charge in [-0.15, -0.1) is 0 Å². The van der Waals surface area contributed by atoms with Gasteiger partial charge < -0.3 is 20.3 Å². The molecule has 0 aromatic carbocycles. The van der Waals surface area contributed by atoms with Crippen molar-refractivity contribution in [3.63, 3.8) is 0 Å². The zero-order chi connectivity index (χ0) is 57.1. The predicted molar refractivity (Wildman–Crippen MR) is 347 cm³/mol. The van der Waals surface area contributed by atoms with Gasteiger partial charge in [-0.1, -0.05) is 333 Å². The number of hydrogen-bond acceptors (Lipinski definition) is 5. The molecular formula is C73H139NO5. The first-order valence-electron chi connectivity index (χ1n) is 35.7. The fourth-order valence-corrected chi connectivity index (χ4v) is 11.2. The summed E-state index contributed by atoms with van der Waals surface area (Å²) in [6.07, 6.45) is 87.6. The fourth-order valence-electron chi connectivity index (χ4n) is 11.2. The van der Waals surface area contributed by atoms with Crippen molar-refractivity contribution >= 4 is 11.9 Å². The lowest BCUT2D eigenvalue weighted by Gasteiger charge is -2.22. The van der Waals surface area contributed by atoms with Crippen LogP contribution in [0.1, 0.15) is 393 Å². The molecule has 0 heterocycles. The van der Waals surface area contributed by atoms with Crippen LogP contribution >= 0.6 is 0 Å². The zero-order valence-corrected chi connectivity index (χ0v) is 53.4. The van der Waals surface area contributed by atoms with Gasteiger partial charge in [0.05, 0.1) is 25.4 Å². The fraction of sp³-hybridized carbons (Fsp3) is 0.890. The van der Waals surface area contributed by atoms with E-state index in [1.54, 1.807) is 0 Å². The number of allylic oxidation sites excluding steroid dienone is 6. The molecule has 0 radical (unpaired) electrons. The molecule has 3 N–H and O–H groups in total. The number of amides is 1. The topological polar surface area (TPSA) is 95.9 Å². The Morgan fingerprint density at radius 3 is 0.975 bits per heavy atom. The summed E-state index contributed by atoms with van der Waals surface area (Å²) in [7, 11) is 0. The van der Waals surface area contributed by atoms with Crippen LogP contribution < -0.4 is 5.32 Å². The molecule has 0 fully saturated rings. The number of hydrogen-bond donors (Lipinski definition) is 3. The third kappa shape index (κ3) is 65.1. The number of aliphatic hydroxyl groups excluding tert-OH is 2. The Labute approximate surface area is 494 Å². The molecule has 0 rings (SSSR count). The average Bonchev–Trinajstić information content (AvgIpc) is 3.45. The highest BCUT2D eigenvalue weighted by Crippen LogP contribution is 2.18. The quantitative estimate of drug-likeness (QED) is 0.0320. The molecule has 0 aromatic rings. The van der Waals surface area contributed by atoms with Crippen molar-refractivity contribution in [2.75, 3.05) is 13.2 Å². The molecule has 79 heavy (non-hydrogen) atoms. The van der Waals surface area contributed by atoms with E-state index in [9.17, 15) is 19.8 Å². The third-order valence-electron chi connectivity index (χ3n) is 16.7. The van der Waals surface area contributed by atoms with Crippen molar-refractivity contribution in [2.24, 2.45) is 0 Å². The van der Waals surface area contributed by atoms with E-state index in [1.165, 1.54) is 302 Å². The standard InChI is InChI=1S/C73H139NO5/c1-3-5-7-9-11-13-15-17-19-21-23-30-33-37-41-45-49-53-57-61-65-71(76)70(69-75)74-72(77)66-62-58-54-50-46-42-38-34-31-27-25-24-26-28-32-36-40-44-48-52-56-60-64-68-79-73(78)67-63-59-55-51-47-43-39-35-29-22-20-18-16-14-12-10-8-6-4-2/h18,20,24,26-27,31,70-71,75-76H,3-17,19,21-23,25,28-30,32-69H2,1-2H3,(H,74,77)/b20-18-,26-24-,31-27-. The maximum Gasteiger partial charge on any atom is 0.305 e. The van der Waals surface area contributed by atoms with Gasteiger partial charge in [-0.05, 0) is 83.5 Å². The van der Waals surface area contributed by atoms with E-state index in [-0.39, 0.29) is 18.5 Å². The summed E-state index contributed by atoms with van der Waals surface area (Å²) in [5.41, 5.74) is 0. The second-order valence-electron chi connectivity index (χ2n) is 24.6. The Bertz CT molecular complexity index is 1280. The van der Waals surface area contributed by atoms with Crippen LogP contribution in [0.5, 0.6) is 0 Å². The molecule has 0 aliphatic heterocycles. The van der Waals surface area contributed by atoms with E-state index in [0.29, 0.717) is 25.9 Å². The molecule has 2 atom stereocenters. The van der Waals surface area contributed by atoms with Crippen molar-refractivity contribution in [1.82, 2.24) is 5.32 Å². The van der Waals surface area contributed by atoms with Crippen LogP contribution in [0.4, 0.5) is 0 Å². The molecular weight excluding hydrogens is 971 g/mol. The highest BCUT2D eigenvalue weighted by Gasteiger charge is 2.20. The van der Waals surface area contributed by atoms with Gasteiger partial charge in [0, 0.05) is 12.8 Å². The summed E-state index contributed by atoms with van der Waals surface area (Å²) >= 11 is 0. The summed E-state index contributed by atoms with van der Waals surface area (Å²) in [4.78, 5) is 24.6. The molecule has 6 nitrogen and oxygen atoms in total. The van der Waals surface area contributed by atoms with E-state index in [4.69, 9.17) is 4.74 Å². The smallest absolute Gasteiger partial charge is 0.305 e. The van der Waals surface area contributed by atoms with Crippen LogP contribution in [0.3, 0.4) is 0 Å². The second-order valence-corrected chi connectivity index (χ2v) is 24.6. The summed E-state index contributed by atoms with van der Waals surface area (Å²) in [5, 5.41) is 23.4. The Morgan fingerprint density at radius 1 is 0.354 bits per heavy atom. The van der Waals surface area contributed by atoms with Crippen LogP contribution in [0.2, 0.25) is 0 Å². The first-order chi connectivity index (χ1) is 39.0. The van der Waals surface area contributed by atoms with Gasteiger partial charge in [-0.3, -0.25) is 9.59 Å². The minimum absolute atomic E-state index is 0.00735. The van der Waals surface area contributed by atoms with E-state index < -0.39 is 12.1 Å². The van der Waals surface area contributed by atoms with Crippen LogP contribution in [0, 0.1) is 0 Å². The molecule has 0 spiro atoms. The predicted octanol–water partition coefficient (Wildman–Crippen LogP) is 23.1. The Hall–Kier alpha value is -1.92. The van der Waals surface area contributed by atoms with Crippen LogP contribution in [-0.4, -0.2) is 47.4 Å². The number of ether oxygens (including phenoxy) is 1. The number of nitrogens with one attached hydrogen (secondary N) is 1. The van der Waals surface area contributed by atoms with Gasteiger partial charge in [-0.25, -0.2) is 0 Å². The van der Waals surface area contributed by atoms with Gasteiger partial charge >= 0.3 is 5.97 Å². The minimum atomic E-state index is -0.672. The lowest BCUT2D eigenvalue weighted by molar-refractivity contribution is -0.143. The van der Waals surface area contributed by atoms with Crippen molar-refractivity contribution in [1.29, 1.82) is 0 Å². The Kier molecular flexibility index (Phi) is 66.9. The van der Waals surface area contributed by atoms with E-state index >= 15 is 0 Å². The van der Waals surface area contributed by atoms with Crippen molar-refractivity contribution in [3.8, 4) is 0 Å². The van der Waals surface area contributed by atoms with Crippen LogP contribution in [0.25, 0.3) is 0 Å². The second kappa shape index (κ2) is 68.6. The molecule has 0 aromatic heterocycles. The number of carbonyl (C=O) groups excluding carboxylic acids is 2.